The predicted molar refractivity (Wildman–Crippen MR) is 154 cm³/mol. The molecule has 0 amide bonds. The van der Waals surface area contributed by atoms with E-state index in [1.54, 1.807) is 23.7 Å². The molecule has 0 atom stereocenters. The number of thiophene rings is 1. The van der Waals surface area contributed by atoms with E-state index in [-0.39, 0.29) is 0 Å². The summed E-state index contributed by atoms with van der Waals surface area (Å²) >= 11 is 1.64. The number of likely N-dealkylation sites (N-methyl/N-ethyl adjacent to an activating group) is 1. The maximum Gasteiger partial charge on any atom is 0.225 e. The van der Waals surface area contributed by atoms with Gasteiger partial charge in [0.15, 0.2) is 5.82 Å². The lowest BCUT2D eigenvalue weighted by Crippen LogP contribution is -2.44. The van der Waals surface area contributed by atoms with Crippen molar-refractivity contribution in [3.63, 3.8) is 0 Å². The lowest BCUT2D eigenvalue weighted by Gasteiger charge is -2.34. The number of benzene rings is 1. The molecule has 0 spiro atoms. The number of aryl methyl sites for hydroxylation is 1. The van der Waals surface area contributed by atoms with E-state index in [0.29, 0.717) is 24.9 Å². The number of hydrogen-bond donors (Lipinski definition) is 1. The Morgan fingerprint density at radius 3 is 2.62 bits per heavy atom. The highest BCUT2D eigenvalue weighted by atomic mass is 32.1. The van der Waals surface area contributed by atoms with Crippen LogP contribution in [0.3, 0.4) is 0 Å². The zero-order chi connectivity index (χ0) is 26.9. The van der Waals surface area contributed by atoms with E-state index in [0.717, 1.165) is 66.7 Å². The average Bonchev–Trinajstić information content (AvgIpc) is 3.52. The van der Waals surface area contributed by atoms with Gasteiger partial charge in [0.2, 0.25) is 5.95 Å². The molecule has 1 saturated heterocycles. The summed E-state index contributed by atoms with van der Waals surface area (Å²) in [5.41, 5.74) is 5.19. The second-order valence-electron chi connectivity index (χ2n) is 10.1. The molecular formula is C28H32N10S. The van der Waals surface area contributed by atoms with Crippen molar-refractivity contribution in [3.8, 4) is 17.5 Å². The molecule has 10 nitrogen and oxygen atoms in total. The molecular weight excluding hydrogens is 508 g/mol. The number of nitriles is 1. The smallest absolute Gasteiger partial charge is 0.225 e. The van der Waals surface area contributed by atoms with Crippen molar-refractivity contribution >= 4 is 28.0 Å². The Morgan fingerprint density at radius 1 is 1.08 bits per heavy atom. The van der Waals surface area contributed by atoms with Crippen molar-refractivity contribution in [2.24, 2.45) is 0 Å². The van der Waals surface area contributed by atoms with E-state index in [1.807, 2.05) is 18.7 Å². The zero-order valence-corrected chi connectivity index (χ0v) is 23.4. The van der Waals surface area contributed by atoms with Crippen molar-refractivity contribution in [1.29, 1.82) is 5.26 Å². The number of nitrogens with zero attached hydrogens (tertiary/aromatic N) is 9. The Morgan fingerprint density at radius 2 is 1.87 bits per heavy atom. The van der Waals surface area contributed by atoms with Gasteiger partial charge in [0.05, 0.1) is 24.2 Å². The minimum Gasteiger partial charge on any atom is -0.379 e. The van der Waals surface area contributed by atoms with Gasteiger partial charge in [-0.25, -0.2) is 19.6 Å². The molecule has 0 radical (unpaired) electrons. The zero-order valence-electron chi connectivity index (χ0n) is 22.6. The molecule has 39 heavy (non-hydrogen) atoms. The van der Waals surface area contributed by atoms with Gasteiger partial charge in [-0.3, -0.25) is 0 Å². The lowest BCUT2D eigenvalue weighted by atomic mass is 10.0. The van der Waals surface area contributed by atoms with Gasteiger partial charge in [0, 0.05) is 62.7 Å². The Bertz CT molecular complexity index is 1510. The van der Waals surface area contributed by atoms with Crippen molar-refractivity contribution in [3.05, 3.63) is 64.1 Å². The van der Waals surface area contributed by atoms with Crippen LogP contribution in [0.25, 0.3) is 11.4 Å². The number of rotatable bonds is 6. The highest BCUT2D eigenvalue weighted by molar-refractivity contribution is 7.16. The Hall–Kier alpha value is -4.01. The van der Waals surface area contributed by atoms with Crippen LogP contribution in [-0.4, -0.2) is 76.5 Å². The molecule has 11 heteroatoms. The van der Waals surface area contributed by atoms with Crippen LogP contribution in [0.2, 0.25) is 0 Å². The SMILES string of the molecule is CNc1sc2c(c1C#N)CCN(c1ncc(-c3nc(C)n(Cc4cccc(N5CCN(C)CC5)c4)n3)cn1)C2. The van der Waals surface area contributed by atoms with Crippen LogP contribution in [0, 0.1) is 18.3 Å². The molecule has 1 fully saturated rings. The van der Waals surface area contributed by atoms with Crippen LogP contribution in [0.1, 0.15) is 27.4 Å². The van der Waals surface area contributed by atoms with Crippen LogP contribution in [-0.2, 0) is 19.5 Å². The molecule has 6 rings (SSSR count). The molecule has 2 aliphatic rings. The fraction of sp³-hybridized carbons (Fsp3) is 0.393. The number of aromatic nitrogens is 5. The van der Waals surface area contributed by atoms with Crippen LogP contribution < -0.4 is 15.1 Å². The molecule has 0 aliphatic carbocycles. The molecule has 3 aromatic heterocycles. The summed E-state index contributed by atoms with van der Waals surface area (Å²) in [7, 11) is 4.04. The maximum atomic E-state index is 9.56. The molecule has 0 saturated carbocycles. The summed E-state index contributed by atoms with van der Waals surface area (Å²) in [6, 6.07) is 11.1. The average molecular weight is 541 g/mol. The third-order valence-corrected chi connectivity index (χ3v) is 8.78. The predicted octanol–water partition coefficient (Wildman–Crippen LogP) is 3.38. The van der Waals surface area contributed by atoms with E-state index in [2.05, 4.69) is 67.4 Å². The number of hydrogen-bond acceptors (Lipinski definition) is 10. The number of piperazine rings is 1. The quantitative estimate of drug-likeness (QED) is 0.394. The van der Waals surface area contributed by atoms with Gasteiger partial charge < -0.3 is 20.0 Å². The number of nitrogens with one attached hydrogen (secondary N) is 1. The minimum atomic E-state index is 0.630. The van der Waals surface area contributed by atoms with Gasteiger partial charge in [0.1, 0.15) is 16.9 Å². The van der Waals surface area contributed by atoms with E-state index >= 15 is 0 Å². The monoisotopic (exact) mass is 540 g/mol. The maximum absolute atomic E-state index is 9.56. The first kappa shape index (κ1) is 25.3. The largest absolute Gasteiger partial charge is 0.379 e. The topological polar surface area (TPSA) is 102 Å². The fourth-order valence-corrected chi connectivity index (χ4v) is 6.42. The van der Waals surface area contributed by atoms with Crippen molar-refractivity contribution in [1.82, 2.24) is 29.6 Å². The highest BCUT2D eigenvalue weighted by Crippen LogP contribution is 2.37. The summed E-state index contributed by atoms with van der Waals surface area (Å²) in [6.45, 7) is 8.39. The van der Waals surface area contributed by atoms with E-state index in [1.165, 1.54) is 16.1 Å². The van der Waals surface area contributed by atoms with Crippen molar-refractivity contribution in [2.45, 2.75) is 26.4 Å². The molecule has 0 bridgehead atoms. The van der Waals surface area contributed by atoms with Crippen molar-refractivity contribution < 1.29 is 0 Å². The number of fused-ring (bicyclic) bond motifs is 1. The van der Waals surface area contributed by atoms with Gasteiger partial charge in [-0.2, -0.15) is 10.4 Å². The lowest BCUT2D eigenvalue weighted by molar-refractivity contribution is 0.313. The fourth-order valence-electron chi connectivity index (χ4n) is 5.25. The Balaban J connectivity index is 1.15. The van der Waals surface area contributed by atoms with Gasteiger partial charge >= 0.3 is 0 Å². The summed E-state index contributed by atoms with van der Waals surface area (Å²) in [6.07, 6.45) is 4.42. The molecule has 1 aromatic carbocycles. The van der Waals surface area contributed by atoms with Crippen LogP contribution in [0.5, 0.6) is 0 Å². The second kappa shape index (κ2) is 10.6. The minimum absolute atomic E-state index is 0.630. The Labute approximate surface area is 232 Å². The summed E-state index contributed by atoms with van der Waals surface area (Å²) in [5.74, 6) is 2.17. The standard InChI is InChI=1S/C28H32N10S/c1-19-33-26(34-38(19)17-20-5-4-6-22(13-20)36-11-9-35(3)10-12-36)21-15-31-28(32-16-21)37-8-7-23-24(14-29)27(30-2)39-25(23)18-37/h4-6,13,15-16,30H,7-12,17-18H2,1-3H3. The first-order valence-electron chi connectivity index (χ1n) is 13.3. The third kappa shape index (κ3) is 5.05. The molecule has 1 N–H and O–H groups in total. The van der Waals surface area contributed by atoms with E-state index in [4.69, 9.17) is 10.1 Å². The van der Waals surface area contributed by atoms with Crippen LogP contribution in [0.4, 0.5) is 16.6 Å². The summed E-state index contributed by atoms with van der Waals surface area (Å²) < 4.78 is 1.95. The normalized spacial score (nSPS) is 15.7. The first-order chi connectivity index (χ1) is 19.0. The third-order valence-electron chi connectivity index (χ3n) is 7.54. The van der Waals surface area contributed by atoms with Crippen LogP contribution >= 0.6 is 11.3 Å². The van der Waals surface area contributed by atoms with Gasteiger partial charge in [-0.05, 0) is 43.7 Å². The van der Waals surface area contributed by atoms with Gasteiger partial charge in [0.25, 0.3) is 0 Å². The number of anilines is 3. The van der Waals surface area contributed by atoms with Crippen molar-refractivity contribution in [2.75, 3.05) is 61.9 Å². The summed E-state index contributed by atoms with van der Waals surface area (Å²) in [4.78, 5) is 22.2. The molecule has 200 valence electrons. The van der Waals surface area contributed by atoms with Crippen LogP contribution in [0.15, 0.2) is 36.7 Å². The van der Waals surface area contributed by atoms with Gasteiger partial charge in [-0.15, -0.1) is 11.3 Å². The second-order valence-corrected chi connectivity index (χ2v) is 11.2. The van der Waals surface area contributed by atoms with Gasteiger partial charge in [-0.1, -0.05) is 12.1 Å². The first-order valence-corrected chi connectivity index (χ1v) is 14.1. The van der Waals surface area contributed by atoms with E-state index in [9.17, 15) is 5.26 Å². The molecule has 4 aromatic rings. The molecule has 5 heterocycles. The summed E-state index contributed by atoms with van der Waals surface area (Å²) in [5, 5.41) is 18.4. The molecule has 0 unspecified atom stereocenters. The molecule has 2 aliphatic heterocycles. The highest BCUT2D eigenvalue weighted by Gasteiger charge is 2.25. The Kier molecular flexibility index (Phi) is 6.89. The van der Waals surface area contributed by atoms with E-state index < -0.39 is 0 Å².